The van der Waals surface area contributed by atoms with E-state index in [1.807, 2.05) is 11.8 Å². The molecular formula is C16H15FN2O2. The van der Waals surface area contributed by atoms with Crippen LogP contribution < -0.4 is 4.90 Å². The van der Waals surface area contributed by atoms with Crippen molar-refractivity contribution in [2.45, 2.75) is 20.3 Å². The third kappa shape index (κ3) is 2.24. The summed E-state index contributed by atoms with van der Waals surface area (Å²) in [5, 5.41) is 9.46. The highest BCUT2D eigenvalue weighted by Gasteiger charge is 2.26. The fourth-order valence-corrected chi connectivity index (χ4v) is 2.89. The van der Waals surface area contributed by atoms with Crippen molar-refractivity contribution < 1.29 is 14.3 Å². The van der Waals surface area contributed by atoms with E-state index in [4.69, 9.17) is 0 Å². The summed E-state index contributed by atoms with van der Waals surface area (Å²) in [6, 6.07) is 6.39. The molecule has 108 valence electrons. The van der Waals surface area contributed by atoms with Crippen molar-refractivity contribution in [2.75, 3.05) is 11.4 Å². The molecule has 5 heteroatoms. The minimum atomic E-state index is -1.01. The summed E-state index contributed by atoms with van der Waals surface area (Å²) >= 11 is 0. The summed E-state index contributed by atoms with van der Waals surface area (Å²) in [6.07, 6.45) is 0.773. The molecule has 21 heavy (non-hydrogen) atoms. The first kappa shape index (κ1) is 13.5. The monoisotopic (exact) mass is 286 g/mol. The van der Waals surface area contributed by atoms with Gasteiger partial charge in [-0.05, 0) is 44.0 Å². The first-order valence-corrected chi connectivity index (χ1v) is 6.75. The number of benzene rings is 1. The maximum absolute atomic E-state index is 13.5. The normalized spacial score (nSPS) is 13.4. The van der Waals surface area contributed by atoms with Crippen LogP contribution in [0.5, 0.6) is 0 Å². The zero-order chi connectivity index (χ0) is 15.1. The molecule has 1 N–H and O–H groups in total. The van der Waals surface area contributed by atoms with Crippen LogP contribution in [0.4, 0.5) is 15.8 Å². The van der Waals surface area contributed by atoms with Gasteiger partial charge in [-0.1, -0.05) is 6.07 Å². The predicted molar refractivity (Wildman–Crippen MR) is 77.8 cm³/mol. The van der Waals surface area contributed by atoms with Gasteiger partial charge in [0.05, 0.1) is 11.4 Å². The first-order valence-electron chi connectivity index (χ1n) is 6.75. The molecule has 0 spiro atoms. The molecule has 0 bridgehead atoms. The Bertz CT molecular complexity index is 743. The van der Waals surface area contributed by atoms with Crippen molar-refractivity contribution in [2.24, 2.45) is 0 Å². The Hall–Kier alpha value is -2.43. The molecule has 1 aromatic carbocycles. The number of hydrogen-bond donors (Lipinski definition) is 1. The zero-order valence-electron chi connectivity index (χ0n) is 11.9. The SMILES string of the molecule is Cc1cc(N2CCc3ccc(F)cc32)c(C(=O)O)c(C)n1. The number of nitrogens with zero attached hydrogens (tertiary/aromatic N) is 2. The molecule has 0 amide bonds. The molecule has 4 nitrogen and oxygen atoms in total. The predicted octanol–water partition coefficient (Wildman–Crippen LogP) is 3.23. The van der Waals surface area contributed by atoms with Crippen LogP contribution in [0.3, 0.4) is 0 Å². The van der Waals surface area contributed by atoms with Crippen molar-refractivity contribution in [1.82, 2.24) is 4.98 Å². The van der Waals surface area contributed by atoms with Crippen molar-refractivity contribution in [3.05, 3.63) is 52.6 Å². The Kier molecular flexibility index (Phi) is 3.12. The number of anilines is 2. The first-order chi connectivity index (χ1) is 9.97. The van der Waals surface area contributed by atoms with Crippen molar-refractivity contribution in [3.8, 4) is 0 Å². The maximum Gasteiger partial charge on any atom is 0.339 e. The average Bonchev–Trinajstić information content (AvgIpc) is 2.79. The summed E-state index contributed by atoms with van der Waals surface area (Å²) in [4.78, 5) is 17.6. The summed E-state index contributed by atoms with van der Waals surface area (Å²) < 4.78 is 13.5. The number of carboxylic acid groups (broad SMARTS) is 1. The lowest BCUT2D eigenvalue weighted by Crippen LogP contribution is -2.19. The van der Waals surface area contributed by atoms with Gasteiger partial charge in [-0.25, -0.2) is 9.18 Å². The Morgan fingerprint density at radius 1 is 1.29 bits per heavy atom. The lowest BCUT2D eigenvalue weighted by molar-refractivity contribution is 0.0696. The molecule has 0 radical (unpaired) electrons. The highest BCUT2D eigenvalue weighted by molar-refractivity contribution is 5.97. The lowest BCUT2D eigenvalue weighted by atomic mass is 10.1. The van der Waals surface area contributed by atoms with Gasteiger partial charge in [0.1, 0.15) is 11.4 Å². The van der Waals surface area contributed by atoms with Crippen molar-refractivity contribution in [3.63, 3.8) is 0 Å². The molecule has 2 heterocycles. The van der Waals surface area contributed by atoms with E-state index in [0.29, 0.717) is 17.9 Å². The second-order valence-corrected chi connectivity index (χ2v) is 5.22. The smallest absolute Gasteiger partial charge is 0.339 e. The van der Waals surface area contributed by atoms with E-state index in [0.717, 1.165) is 23.4 Å². The topological polar surface area (TPSA) is 53.4 Å². The fraction of sp³-hybridized carbons (Fsp3) is 0.250. The van der Waals surface area contributed by atoms with Gasteiger partial charge in [0.25, 0.3) is 0 Å². The van der Waals surface area contributed by atoms with Crippen LogP contribution in [0.15, 0.2) is 24.3 Å². The molecule has 3 rings (SSSR count). The number of carboxylic acids is 1. The number of rotatable bonds is 2. The molecular weight excluding hydrogens is 271 g/mol. The van der Waals surface area contributed by atoms with Gasteiger partial charge in [-0.2, -0.15) is 0 Å². The minimum Gasteiger partial charge on any atom is -0.478 e. The number of aromatic carboxylic acids is 1. The Labute approximate surface area is 121 Å². The number of hydrogen-bond acceptors (Lipinski definition) is 3. The molecule has 0 fully saturated rings. The molecule has 0 saturated heterocycles. The molecule has 0 saturated carbocycles. The van der Waals surface area contributed by atoms with Crippen LogP contribution in [0.1, 0.15) is 27.3 Å². The largest absolute Gasteiger partial charge is 0.478 e. The second-order valence-electron chi connectivity index (χ2n) is 5.22. The van der Waals surface area contributed by atoms with Gasteiger partial charge in [-0.3, -0.25) is 4.98 Å². The summed E-state index contributed by atoms with van der Waals surface area (Å²) in [7, 11) is 0. The van der Waals surface area contributed by atoms with Crippen LogP contribution >= 0.6 is 0 Å². The van der Waals surface area contributed by atoms with Crippen LogP contribution in [0.2, 0.25) is 0 Å². The molecule has 1 aliphatic heterocycles. The quantitative estimate of drug-likeness (QED) is 0.921. The van der Waals surface area contributed by atoms with Gasteiger partial charge in [0, 0.05) is 17.9 Å². The van der Waals surface area contributed by atoms with Crippen LogP contribution in [0.25, 0.3) is 0 Å². The molecule has 0 atom stereocenters. The lowest BCUT2D eigenvalue weighted by Gasteiger charge is -2.23. The van der Waals surface area contributed by atoms with Crippen LogP contribution in [-0.2, 0) is 6.42 Å². The standard InChI is InChI=1S/C16H15FN2O2/c1-9-7-14(15(16(20)21)10(2)18-9)19-6-5-11-3-4-12(17)8-13(11)19/h3-4,7-8H,5-6H2,1-2H3,(H,20,21). The van der Waals surface area contributed by atoms with Gasteiger partial charge in [0.15, 0.2) is 0 Å². The minimum absolute atomic E-state index is 0.178. The van der Waals surface area contributed by atoms with Gasteiger partial charge < -0.3 is 10.0 Å². The van der Waals surface area contributed by atoms with E-state index >= 15 is 0 Å². The van der Waals surface area contributed by atoms with Crippen molar-refractivity contribution in [1.29, 1.82) is 0 Å². The average molecular weight is 286 g/mol. The van der Waals surface area contributed by atoms with E-state index in [2.05, 4.69) is 4.98 Å². The third-order valence-corrected chi connectivity index (χ3v) is 3.76. The highest BCUT2D eigenvalue weighted by atomic mass is 19.1. The molecule has 1 aromatic heterocycles. The Balaban J connectivity index is 2.19. The van der Waals surface area contributed by atoms with Crippen LogP contribution in [-0.4, -0.2) is 22.6 Å². The highest BCUT2D eigenvalue weighted by Crippen LogP contribution is 2.37. The number of carbonyl (C=O) groups is 1. The summed E-state index contributed by atoms with van der Waals surface area (Å²) in [5.74, 6) is -1.33. The Morgan fingerprint density at radius 2 is 2.05 bits per heavy atom. The van der Waals surface area contributed by atoms with E-state index in [9.17, 15) is 14.3 Å². The fourth-order valence-electron chi connectivity index (χ4n) is 2.89. The third-order valence-electron chi connectivity index (χ3n) is 3.76. The number of pyridine rings is 1. The number of aryl methyl sites for hydroxylation is 2. The molecule has 1 aliphatic rings. The zero-order valence-corrected chi connectivity index (χ0v) is 11.9. The number of aromatic nitrogens is 1. The molecule has 0 unspecified atom stereocenters. The van der Waals surface area contributed by atoms with Gasteiger partial charge in [-0.15, -0.1) is 0 Å². The van der Waals surface area contributed by atoms with Gasteiger partial charge >= 0.3 is 5.97 Å². The summed E-state index contributed by atoms with van der Waals surface area (Å²) in [6.45, 7) is 4.15. The number of fused-ring (bicyclic) bond motifs is 1. The number of halogens is 1. The second kappa shape index (κ2) is 4.84. The van der Waals surface area contributed by atoms with E-state index in [1.165, 1.54) is 12.1 Å². The van der Waals surface area contributed by atoms with E-state index in [-0.39, 0.29) is 11.4 Å². The summed E-state index contributed by atoms with van der Waals surface area (Å²) in [5.41, 5.74) is 3.75. The van der Waals surface area contributed by atoms with E-state index < -0.39 is 5.97 Å². The molecule has 0 aliphatic carbocycles. The van der Waals surface area contributed by atoms with Crippen LogP contribution in [0, 0.1) is 19.7 Å². The van der Waals surface area contributed by atoms with Gasteiger partial charge in [0.2, 0.25) is 0 Å². The van der Waals surface area contributed by atoms with Crippen molar-refractivity contribution >= 4 is 17.3 Å². The molecule has 2 aromatic rings. The maximum atomic E-state index is 13.5. The van der Waals surface area contributed by atoms with E-state index in [1.54, 1.807) is 19.1 Å². The Morgan fingerprint density at radius 3 is 2.76 bits per heavy atom.